The first kappa shape index (κ1) is 12.6. The van der Waals surface area contributed by atoms with E-state index in [1.165, 1.54) is 0 Å². The van der Waals surface area contributed by atoms with Crippen LogP contribution < -0.4 is 5.32 Å². The summed E-state index contributed by atoms with van der Waals surface area (Å²) in [5.41, 5.74) is 2.11. The first-order chi connectivity index (χ1) is 7.56. The second-order valence-corrected chi connectivity index (χ2v) is 3.93. The normalized spacial score (nSPS) is 10.2. The second-order valence-electron chi connectivity index (χ2n) is 3.93. The first-order valence-electron chi connectivity index (χ1n) is 5.66. The van der Waals surface area contributed by atoms with E-state index in [-0.39, 0.29) is 5.91 Å². The average molecular weight is 221 g/mol. The van der Waals surface area contributed by atoms with Gasteiger partial charge < -0.3 is 5.32 Å². The molecule has 0 aliphatic rings. The third kappa shape index (κ3) is 3.02. The zero-order valence-corrected chi connectivity index (χ0v) is 10.4. The van der Waals surface area contributed by atoms with Crippen LogP contribution in [0.4, 0.5) is 0 Å². The fourth-order valence-electron chi connectivity index (χ4n) is 1.68. The van der Waals surface area contributed by atoms with Crippen molar-refractivity contribution in [1.29, 1.82) is 0 Å². The molecule has 0 saturated carbocycles. The number of rotatable bonds is 4. The molecule has 1 aromatic rings. The lowest BCUT2D eigenvalue weighted by atomic mass is 10.1. The molecule has 0 atom stereocenters. The van der Waals surface area contributed by atoms with E-state index >= 15 is 0 Å². The van der Waals surface area contributed by atoms with Crippen LogP contribution in [0, 0.1) is 20.8 Å². The molecule has 16 heavy (non-hydrogen) atoms. The quantitative estimate of drug-likeness (QED) is 0.790. The zero-order chi connectivity index (χ0) is 12.1. The molecule has 1 rings (SSSR count). The number of amides is 1. The summed E-state index contributed by atoms with van der Waals surface area (Å²) < 4.78 is 0. The van der Waals surface area contributed by atoms with E-state index < -0.39 is 0 Å². The molecule has 88 valence electrons. The number of carbonyl (C=O) groups is 1. The monoisotopic (exact) mass is 221 g/mol. The molecule has 0 aliphatic carbocycles. The Balaban J connectivity index is 2.83. The number of unbranched alkanes of at least 4 members (excludes halogenated alkanes) is 1. The Morgan fingerprint density at radius 1 is 1.19 bits per heavy atom. The highest BCUT2D eigenvalue weighted by atomic mass is 16.1. The van der Waals surface area contributed by atoms with Crippen molar-refractivity contribution in [2.75, 3.05) is 6.54 Å². The van der Waals surface area contributed by atoms with Gasteiger partial charge in [-0.25, -0.2) is 9.97 Å². The molecule has 0 spiro atoms. The molecular formula is C12H19N3O. The maximum Gasteiger partial charge on any atom is 0.254 e. The smallest absolute Gasteiger partial charge is 0.254 e. The van der Waals surface area contributed by atoms with Crippen molar-refractivity contribution >= 4 is 5.91 Å². The maximum atomic E-state index is 11.9. The number of nitrogens with zero attached hydrogens (tertiary/aromatic N) is 2. The lowest BCUT2D eigenvalue weighted by molar-refractivity contribution is 0.0951. The van der Waals surface area contributed by atoms with Gasteiger partial charge in [0, 0.05) is 6.54 Å². The third-order valence-corrected chi connectivity index (χ3v) is 2.43. The summed E-state index contributed by atoms with van der Waals surface area (Å²) in [5, 5.41) is 2.88. The Kier molecular flexibility index (Phi) is 4.40. The highest BCUT2D eigenvalue weighted by Gasteiger charge is 2.14. The van der Waals surface area contributed by atoms with Crippen LogP contribution >= 0.6 is 0 Å². The SMILES string of the molecule is CCCCNC(=O)c1c(C)nc(C)nc1C. The van der Waals surface area contributed by atoms with Crippen LogP contribution in [0.5, 0.6) is 0 Å². The van der Waals surface area contributed by atoms with E-state index in [0.29, 0.717) is 17.9 Å². The molecule has 1 aromatic heterocycles. The summed E-state index contributed by atoms with van der Waals surface area (Å²) in [6.45, 7) is 8.32. The van der Waals surface area contributed by atoms with Crippen LogP contribution in [-0.2, 0) is 0 Å². The summed E-state index contributed by atoms with van der Waals surface area (Å²) in [4.78, 5) is 20.3. The molecule has 0 saturated heterocycles. The first-order valence-corrected chi connectivity index (χ1v) is 5.66. The summed E-state index contributed by atoms with van der Waals surface area (Å²) in [6.07, 6.45) is 2.07. The summed E-state index contributed by atoms with van der Waals surface area (Å²) >= 11 is 0. The van der Waals surface area contributed by atoms with Crippen LogP contribution in [0.3, 0.4) is 0 Å². The Labute approximate surface area is 96.5 Å². The Morgan fingerprint density at radius 2 is 1.75 bits per heavy atom. The zero-order valence-electron chi connectivity index (χ0n) is 10.4. The van der Waals surface area contributed by atoms with Crippen LogP contribution in [0.2, 0.25) is 0 Å². The molecule has 1 amide bonds. The summed E-state index contributed by atoms with van der Waals surface area (Å²) in [5.74, 6) is 0.642. The van der Waals surface area contributed by atoms with Crippen LogP contribution in [0.25, 0.3) is 0 Å². The van der Waals surface area contributed by atoms with Crippen molar-refractivity contribution in [3.8, 4) is 0 Å². The standard InChI is InChI=1S/C12H19N3O/c1-5-6-7-13-12(16)11-8(2)14-10(4)15-9(11)3/h5-7H2,1-4H3,(H,13,16). The lowest BCUT2D eigenvalue weighted by Crippen LogP contribution is -2.26. The van der Waals surface area contributed by atoms with Gasteiger partial charge in [0.2, 0.25) is 0 Å². The molecule has 0 bridgehead atoms. The number of aromatic nitrogens is 2. The van der Waals surface area contributed by atoms with Gasteiger partial charge in [-0.15, -0.1) is 0 Å². The van der Waals surface area contributed by atoms with Gasteiger partial charge in [0.25, 0.3) is 5.91 Å². The minimum atomic E-state index is -0.0662. The van der Waals surface area contributed by atoms with Crippen molar-refractivity contribution < 1.29 is 4.79 Å². The Morgan fingerprint density at radius 3 is 2.25 bits per heavy atom. The molecule has 0 fully saturated rings. The third-order valence-electron chi connectivity index (χ3n) is 2.43. The van der Waals surface area contributed by atoms with Crippen molar-refractivity contribution in [2.24, 2.45) is 0 Å². The fourth-order valence-corrected chi connectivity index (χ4v) is 1.68. The molecular weight excluding hydrogens is 202 g/mol. The minimum absolute atomic E-state index is 0.0662. The minimum Gasteiger partial charge on any atom is -0.352 e. The van der Waals surface area contributed by atoms with Gasteiger partial charge in [0.05, 0.1) is 17.0 Å². The van der Waals surface area contributed by atoms with Gasteiger partial charge in [-0.3, -0.25) is 4.79 Å². The van der Waals surface area contributed by atoms with Gasteiger partial charge in [-0.05, 0) is 27.2 Å². The van der Waals surface area contributed by atoms with Crippen molar-refractivity contribution in [1.82, 2.24) is 15.3 Å². The maximum absolute atomic E-state index is 11.9. The van der Waals surface area contributed by atoms with Gasteiger partial charge in [-0.1, -0.05) is 13.3 Å². The van der Waals surface area contributed by atoms with E-state index in [1.807, 2.05) is 20.8 Å². The van der Waals surface area contributed by atoms with Gasteiger partial charge in [-0.2, -0.15) is 0 Å². The summed E-state index contributed by atoms with van der Waals surface area (Å²) in [6, 6.07) is 0. The van der Waals surface area contributed by atoms with Gasteiger partial charge >= 0.3 is 0 Å². The van der Waals surface area contributed by atoms with Crippen LogP contribution in [-0.4, -0.2) is 22.4 Å². The van der Waals surface area contributed by atoms with Crippen molar-refractivity contribution in [3.05, 3.63) is 22.8 Å². The van der Waals surface area contributed by atoms with E-state index in [4.69, 9.17) is 0 Å². The summed E-state index contributed by atoms with van der Waals surface area (Å²) in [7, 11) is 0. The molecule has 0 radical (unpaired) electrons. The second kappa shape index (κ2) is 5.58. The van der Waals surface area contributed by atoms with Gasteiger partial charge in [0.1, 0.15) is 5.82 Å². The Hall–Kier alpha value is -1.45. The van der Waals surface area contributed by atoms with E-state index in [9.17, 15) is 4.79 Å². The van der Waals surface area contributed by atoms with Crippen LogP contribution in [0.1, 0.15) is 47.3 Å². The van der Waals surface area contributed by atoms with Crippen LogP contribution in [0.15, 0.2) is 0 Å². The number of hydrogen-bond acceptors (Lipinski definition) is 3. The van der Waals surface area contributed by atoms with E-state index in [0.717, 1.165) is 24.2 Å². The average Bonchev–Trinajstić information content (AvgIpc) is 2.16. The van der Waals surface area contributed by atoms with Gasteiger partial charge in [0.15, 0.2) is 0 Å². The molecule has 4 heteroatoms. The van der Waals surface area contributed by atoms with E-state index in [2.05, 4.69) is 22.2 Å². The van der Waals surface area contributed by atoms with E-state index in [1.54, 1.807) is 0 Å². The molecule has 0 aromatic carbocycles. The molecule has 0 aliphatic heterocycles. The van der Waals surface area contributed by atoms with Crippen molar-refractivity contribution in [2.45, 2.75) is 40.5 Å². The molecule has 4 nitrogen and oxygen atoms in total. The lowest BCUT2D eigenvalue weighted by Gasteiger charge is -2.09. The largest absolute Gasteiger partial charge is 0.352 e. The predicted octanol–water partition coefficient (Wildman–Crippen LogP) is 1.93. The highest BCUT2D eigenvalue weighted by Crippen LogP contribution is 2.09. The number of hydrogen-bond donors (Lipinski definition) is 1. The molecule has 1 N–H and O–H groups in total. The number of aryl methyl sites for hydroxylation is 3. The molecule has 0 unspecified atom stereocenters. The fraction of sp³-hybridized carbons (Fsp3) is 0.583. The molecule has 1 heterocycles. The topological polar surface area (TPSA) is 54.9 Å². The Bertz CT molecular complexity index is 365. The highest BCUT2D eigenvalue weighted by molar-refractivity contribution is 5.96. The van der Waals surface area contributed by atoms with Crippen molar-refractivity contribution in [3.63, 3.8) is 0 Å². The predicted molar refractivity (Wildman–Crippen MR) is 63.5 cm³/mol. The number of carbonyl (C=O) groups excluding carboxylic acids is 1. The number of nitrogens with one attached hydrogen (secondary N) is 1.